The molecule has 3 heterocycles. The monoisotopic (exact) mass is 386 g/mol. The second-order valence-corrected chi connectivity index (χ2v) is 9.09. The van der Waals surface area contributed by atoms with Crippen LogP contribution in [0.2, 0.25) is 0 Å². The first-order valence-electron chi connectivity index (χ1n) is 9.99. The lowest BCUT2D eigenvalue weighted by atomic mass is 10.0. The number of nitrogens with zero attached hydrogens (tertiary/aromatic N) is 2. The minimum Gasteiger partial charge on any atom is -0.360 e. The fourth-order valence-electron chi connectivity index (χ4n) is 4.19. The van der Waals surface area contributed by atoms with Crippen LogP contribution in [0.15, 0.2) is 22.0 Å². The van der Waals surface area contributed by atoms with E-state index in [1.54, 1.807) is 6.07 Å². The Kier molecular flexibility index (Phi) is 4.53. The Bertz CT molecular complexity index is 820. The summed E-state index contributed by atoms with van der Waals surface area (Å²) >= 11 is 1.51. The van der Waals surface area contributed by atoms with Gasteiger partial charge in [0.2, 0.25) is 0 Å². The van der Waals surface area contributed by atoms with Gasteiger partial charge in [-0.25, -0.2) is 0 Å². The third kappa shape index (κ3) is 3.95. The van der Waals surface area contributed by atoms with Gasteiger partial charge >= 0.3 is 0 Å². The molecule has 2 unspecified atom stereocenters. The molecule has 3 fully saturated rings. The van der Waals surface area contributed by atoms with E-state index in [1.807, 2.05) is 13.0 Å². The largest absolute Gasteiger partial charge is 0.360 e. The number of hydrogen-bond acceptors (Lipinski definition) is 6. The summed E-state index contributed by atoms with van der Waals surface area (Å²) in [5, 5.41) is 12.6. The van der Waals surface area contributed by atoms with Crippen molar-refractivity contribution in [3.05, 3.63) is 33.7 Å². The van der Waals surface area contributed by atoms with Gasteiger partial charge in [-0.15, -0.1) is 11.3 Å². The number of piperidine rings is 1. The molecular formula is C20H26N4O2S. The van der Waals surface area contributed by atoms with E-state index in [9.17, 15) is 4.79 Å². The van der Waals surface area contributed by atoms with Crippen molar-refractivity contribution in [2.45, 2.75) is 63.1 Å². The maximum Gasteiger partial charge on any atom is 0.266 e. The molecule has 2 atom stereocenters. The van der Waals surface area contributed by atoms with Crippen molar-refractivity contribution in [3.63, 3.8) is 0 Å². The van der Waals surface area contributed by atoms with Gasteiger partial charge in [0, 0.05) is 30.1 Å². The van der Waals surface area contributed by atoms with Gasteiger partial charge in [-0.2, -0.15) is 0 Å². The Hall–Kier alpha value is -1.70. The SMILES string of the molecule is Cc1cc(NC(=O)c2cc(C3CC3NC3CCN(C4CC4)CC3)cs2)no1. The Labute approximate surface area is 163 Å². The number of hydrogen-bond donors (Lipinski definition) is 2. The maximum atomic E-state index is 12.4. The van der Waals surface area contributed by atoms with E-state index < -0.39 is 0 Å². The molecule has 1 aliphatic heterocycles. The van der Waals surface area contributed by atoms with Crippen molar-refractivity contribution in [1.29, 1.82) is 0 Å². The summed E-state index contributed by atoms with van der Waals surface area (Å²) in [5.74, 6) is 1.60. The summed E-state index contributed by atoms with van der Waals surface area (Å²) in [5.41, 5.74) is 1.29. The van der Waals surface area contributed by atoms with Gasteiger partial charge in [-0.3, -0.25) is 4.79 Å². The topological polar surface area (TPSA) is 70.4 Å². The first kappa shape index (κ1) is 17.4. The molecule has 2 aromatic heterocycles. The maximum absolute atomic E-state index is 12.4. The van der Waals surface area contributed by atoms with Gasteiger partial charge in [-0.05, 0) is 69.1 Å². The average molecular weight is 387 g/mol. The van der Waals surface area contributed by atoms with Crippen LogP contribution >= 0.6 is 11.3 Å². The summed E-state index contributed by atoms with van der Waals surface area (Å²) < 4.78 is 4.99. The molecule has 1 amide bonds. The predicted molar refractivity (Wildman–Crippen MR) is 105 cm³/mol. The summed E-state index contributed by atoms with van der Waals surface area (Å²) in [6.07, 6.45) is 6.55. The highest BCUT2D eigenvalue weighted by atomic mass is 32.1. The predicted octanol–water partition coefficient (Wildman–Crippen LogP) is 3.37. The number of carbonyl (C=O) groups is 1. The Balaban J connectivity index is 1.12. The number of carbonyl (C=O) groups excluding carboxylic acids is 1. The van der Waals surface area contributed by atoms with Gasteiger partial charge in [0.15, 0.2) is 5.82 Å². The lowest BCUT2D eigenvalue weighted by Gasteiger charge is -2.32. The van der Waals surface area contributed by atoms with E-state index in [4.69, 9.17) is 4.52 Å². The first-order chi connectivity index (χ1) is 13.2. The van der Waals surface area contributed by atoms with Crippen LogP contribution in [-0.2, 0) is 0 Å². The van der Waals surface area contributed by atoms with Gasteiger partial charge in [0.25, 0.3) is 5.91 Å². The molecule has 0 radical (unpaired) electrons. The van der Waals surface area contributed by atoms with E-state index in [1.165, 1.54) is 62.1 Å². The second kappa shape index (κ2) is 7.04. The van der Waals surface area contributed by atoms with E-state index in [0.29, 0.717) is 29.6 Å². The van der Waals surface area contributed by atoms with Crippen molar-refractivity contribution >= 4 is 23.1 Å². The highest BCUT2D eigenvalue weighted by molar-refractivity contribution is 7.12. The minimum absolute atomic E-state index is 0.114. The number of anilines is 1. The number of thiophene rings is 1. The second-order valence-electron chi connectivity index (χ2n) is 8.18. The van der Waals surface area contributed by atoms with E-state index in [0.717, 1.165) is 10.9 Å². The number of likely N-dealkylation sites (tertiary alicyclic amines) is 1. The molecule has 27 heavy (non-hydrogen) atoms. The molecule has 2 saturated carbocycles. The minimum atomic E-state index is -0.114. The van der Waals surface area contributed by atoms with Crippen LogP contribution in [0.25, 0.3) is 0 Å². The molecule has 0 spiro atoms. The molecular weight excluding hydrogens is 360 g/mol. The fourth-order valence-corrected chi connectivity index (χ4v) is 5.06. The molecule has 5 rings (SSSR count). The zero-order valence-electron chi connectivity index (χ0n) is 15.6. The Morgan fingerprint density at radius 3 is 2.78 bits per heavy atom. The molecule has 7 heteroatoms. The van der Waals surface area contributed by atoms with Crippen molar-refractivity contribution in [1.82, 2.24) is 15.4 Å². The number of aryl methyl sites for hydroxylation is 1. The van der Waals surface area contributed by atoms with Crippen molar-refractivity contribution in [2.24, 2.45) is 0 Å². The summed E-state index contributed by atoms with van der Waals surface area (Å²) in [6, 6.07) is 5.89. The Morgan fingerprint density at radius 2 is 2.07 bits per heavy atom. The van der Waals surface area contributed by atoms with Gasteiger partial charge < -0.3 is 20.1 Å². The third-order valence-corrected chi connectivity index (χ3v) is 6.92. The smallest absolute Gasteiger partial charge is 0.266 e. The zero-order chi connectivity index (χ0) is 18.4. The van der Waals surface area contributed by atoms with Crippen LogP contribution in [0, 0.1) is 6.92 Å². The highest BCUT2D eigenvalue weighted by Crippen LogP contribution is 2.43. The molecule has 3 aliphatic rings. The summed E-state index contributed by atoms with van der Waals surface area (Å²) in [7, 11) is 0. The molecule has 0 aromatic carbocycles. The van der Waals surface area contributed by atoms with E-state index >= 15 is 0 Å². The molecule has 2 aliphatic carbocycles. The highest BCUT2D eigenvalue weighted by Gasteiger charge is 2.41. The average Bonchev–Trinajstić information content (AvgIpc) is 3.56. The van der Waals surface area contributed by atoms with Gasteiger partial charge in [-0.1, -0.05) is 5.16 Å². The van der Waals surface area contributed by atoms with Crippen molar-refractivity contribution in [3.8, 4) is 0 Å². The molecule has 144 valence electrons. The lowest BCUT2D eigenvalue weighted by molar-refractivity contribution is 0.102. The molecule has 1 saturated heterocycles. The van der Waals surface area contributed by atoms with E-state index in [-0.39, 0.29) is 5.91 Å². The molecule has 6 nitrogen and oxygen atoms in total. The van der Waals surface area contributed by atoms with Crippen LogP contribution in [0.3, 0.4) is 0 Å². The summed E-state index contributed by atoms with van der Waals surface area (Å²) in [4.78, 5) is 15.8. The summed E-state index contributed by atoms with van der Waals surface area (Å²) in [6.45, 7) is 4.32. The lowest BCUT2D eigenvalue weighted by Crippen LogP contribution is -2.44. The molecule has 2 aromatic rings. The standard InChI is InChI=1S/C20H26N4O2S/c1-12-8-19(23-26-12)22-20(25)18-9-13(11-27-18)16-10-17(16)21-14-4-6-24(7-5-14)15-2-3-15/h8-9,11,14-17,21H,2-7,10H2,1H3,(H,22,23,25). The fraction of sp³-hybridized carbons (Fsp3) is 0.600. The zero-order valence-corrected chi connectivity index (χ0v) is 16.4. The van der Waals surface area contributed by atoms with Crippen molar-refractivity contribution in [2.75, 3.05) is 18.4 Å². The quantitative estimate of drug-likeness (QED) is 0.797. The van der Waals surface area contributed by atoms with Gasteiger partial charge in [0.05, 0.1) is 4.88 Å². The van der Waals surface area contributed by atoms with Crippen molar-refractivity contribution < 1.29 is 9.32 Å². The number of rotatable bonds is 6. The Morgan fingerprint density at radius 1 is 1.26 bits per heavy atom. The van der Waals surface area contributed by atoms with Crippen LogP contribution in [0.1, 0.15) is 59.0 Å². The molecule has 2 N–H and O–H groups in total. The first-order valence-corrected chi connectivity index (χ1v) is 10.9. The van der Waals surface area contributed by atoms with Gasteiger partial charge in [0.1, 0.15) is 5.76 Å². The molecule has 0 bridgehead atoms. The van der Waals surface area contributed by atoms with Crippen LogP contribution in [0.4, 0.5) is 5.82 Å². The number of amides is 1. The van der Waals surface area contributed by atoms with Crippen LogP contribution < -0.4 is 10.6 Å². The van der Waals surface area contributed by atoms with E-state index in [2.05, 4.69) is 26.1 Å². The number of nitrogens with one attached hydrogen (secondary N) is 2. The van der Waals surface area contributed by atoms with Crippen LogP contribution in [0.5, 0.6) is 0 Å². The number of aromatic nitrogens is 1. The third-order valence-electron chi connectivity index (χ3n) is 5.97. The van der Waals surface area contributed by atoms with Crippen LogP contribution in [-0.4, -0.2) is 47.2 Å². The normalized spacial score (nSPS) is 26.3.